The van der Waals surface area contributed by atoms with E-state index in [1.165, 1.54) is 12.1 Å². The number of hydrogen-bond acceptors (Lipinski definition) is 5. The van der Waals surface area contributed by atoms with Crippen LogP contribution in [0.5, 0.6) is 0 Å². The fourth-order valence-corrected chi connectivity index (χ4v) is 2.68. The molecule has 6 nitrogen and oxygen atoms in total. The van der Waals surface area contributed by atoms with Crippen LogP contribution in [0.1, 0.15) is 31.1 Å². The fraction of sp³-hybridized carbons (Fsp3) is 0.500. The molecule has 1 aromatic rings. The Morgan fingerprint density at radius 2 is 2.20 bits per heavy atom. The molecule has 1 aromatic carbocycles. The number of hydrogen-bond donors (Lipinski definition) is 0. The zero-order valence-corrected chi connectivity index (χ0v) is 11.8. The average Bonchev–Trinajstić information content (AvgIpc) is 2.35. The smallest absolute Gasteiger partial charge is 0.270 e. The number of morpholine rings is 1. The molecule has 0 radical (unpaired) electrons. The summed E-state index contributed by atoms with van der Waals surface area (Å²) < 4.78 is 5.82. The van der Waals surface area contributed by atoms with E-state index < -0.39 is 4.92 Å². The number of non-ortho nitro benzene ring substituents is 1. The topological polar surface area (TPSA) is 72.7 Å². The number of carbonyl (C=O) groups is 1. The number of anilines is 1. The number of nitro benzene ring substituents is 1. The van der Waals surface area contributed by atoms with Crippen molar-refractivity contribution in [2.45, 2.75) is 32.5 Å². The molecule has 0 bridgehead atoms. The lowest BCUT2D eigenvalue weighted by atomic mass is 10.0. The standard InChI is InChI=1S/C14H18N2O4/c1-10-7-15(9-14(2,3)20-10)13-5-4-12(16(18)19)6-11(13)8-17/h4-6,8,10H,7,9H2,1-3H3. The van der Waals surface area contributed by atoms with Gasteiger partial charge in [-0.1, -0.05) is 0 Å². The molecule has 6 heteroatoms. The van der Waals surface area contributed by atoms with E-state index in [1.54, 1.807) is 6.07 Å². The minimum absolute atomic E-state index is 0.0356. The van der Waals surface area contributed by atoms with Gasteiger partial charge in [0, 0.05) is 36.5 Å². The average molecular weight is 278 g/mol. The van der Waals surface area contributed by atoms with Crippen LogP contribution in [0.15, 0.2) is 18.2 Å². The minimum Gasteiger partial charge on any atom is -0.369 e. The Kier molecular flexibility index (Phi) is 3.76. The number of carbonyl (C=O) groups excluding carboxylic acids is 1. The normalized spacial score (nSPS) is 21.6. The predicted molar refractivity (Wildman–Crippen MR) is 75.3 cm³/mol. The third kappa shape index (κ3) is 2.96. The Labute approximate surface area is 117 Å². The number of nitrogens with zero attached hydrogens (tertiary/aromatic N) is 2. The Morgan fingerprint density at radius 1 is 1.50 bits per heavy atom. The SMILES string of the molecule is CC1CN(c2ccc([N+](=O)[O-])cc2C=O)CC(C)(C)O1. The molecular formula is C14H18N2O4. The minimum atomic E-state index is -0.497. The Hall–Kier alpha value is -1.95. The highest BCUT2D eigenvalue weighted by Gasteiger charge is 2.32. The Bertz CT molecular complexity index is 542. The maximum absolute atomic E-state index is 11.2. The maximum Gasteiger partial charge on any atom is 0.270 e. The molecule has 108 valence electrons. The molecule has 0 aromatic heterocycles. The van der Waals surface area contributed by atoms with E-state index in [1.807, 2.05) is 25.7 Å². The molecule has 1 aliphatic rings. The van der Waals surface area contributed by atoms with Crippen molar-refractivity contribution in [3.63, 3.8) is 0 Å². The highest BCUT2D eigenvalue weighted by molar-refractivity contribution is 5.86. The number of benzene rings is 1. The summed E-state index contributed by atoms with van der Waals surface area (Å²) in [6.45, 7) is 7.24. The number of ether oxygens (including phenoxy) is 1. The summed E-state index contributed by atoms with van der Waals surface area (Å²) in [7, 11) is 0. The van der Waals surface area contributed by atoms with Gasteiger partial charge in [-0.15, -0.1) is 0 Å². The number of rotatable bonds is 3. The molecule has 2 rings (SSSR count). The van der Waals surface area contributed by atoms with Crippen molar-refractivity contribution in [2.75, 3.05) is 18.0 Å². The van der Waals surface area contributed by atoms with Crippen LogP contribution < -0.4 is 4.90 Å². The molecule has 0 saturated carbocycles. The highest BCUT2D eigenvalue weighted by Crippen LogP contribution is 2.30. The summed E-state index contributed by atoms with van der Waals surface area (Å²) in [4.78, 5) is 23.5. The lowest BCUT2D eigenvalue weighted by Crippen LogP contribution is -2.52. The monoisotopic (exact) mass is 278 g/mol. The summed E-state index contributed by atoms with van der Waals surface area (Å²) in [6, 6.07) is 4.38. The van der Waals surface area contributed by atoms with Gasteiger partial charge in [-0.05, 0) is 26.8 Å². The Balaban J connectivity index is 2.37. The van der Waals surface area contributed by atoms with Gasteiger partial charge in [-0.2, -0.15) is 0 Å². The van der Waals surface area contributed by atoms with Crippen molar-refractivity contribution in [3.8, 4) is 0 Å². The van der Waals surface area contributed by atoms with Crippen molar-refractivity contribution in [3.05, 3.63) is 33.9 Å². The predicted octanol–water partition coefficient (Wildman–Crippen LogP) is 2.41. The van der Waals surface area contributed by atoms with Crippen LogP contribution in [0.2, 0.25) is 0 Å². The van der Waals surface area contributed by atoms with Gasteiger partial charge in [0.05, 0.1) is 16.6 Å². The van der Waals surface area contributed by atoms with Gasteiger partial charge >= 0.3 is 0 Å². The zero-order chi connectivity index (χ0) is 14.9. The molecule has 1 fully saturated rings. The third-order valence-electron chi connectivity index (χ3n) is 3.26. The summed E-state index contributed by atoms with van der Waals surface area (Å²) in [5.41, 5.74) is 0.661. The van der Waals surface area contributed by atoms with Gasteiger partial charge < -0.3 is 9.64 Å². The first-order valence-electron chi connectivity index (χ1n) is 6.49. The lowest BCUT2D eigenvalue weighted by molar-refractivity contribution is -0.384. The number of nitro groups is 1. The molecule has 1 aliphatic heterocycles. The molecule has 1 unspecified atom stereocenters. The van der Waals surface area contributed by atoms with Gasteiger partial charge in [-0.3, -0.25) is 14.9 Å². The van der Waals surface area contributed by atoms with Crippen molar-refractivity contribution >= 4 is 17.7 Å². The second-order valence-corrected chi connectivity index (χ2v) is 5.69. The molecule has 1 saturated heterocycles. The van der Waals surface area contributed by atoms with Crippen LogP contribution in [0.3, 0.4) is 0 Å². The van der Waals surface area contributed by atoms with Crippen LogP contribution in [-0.2, 0) is 4.74 Å². The molecule has 0 N–H and O–H groups in total. The first kappa shape index (κ1) is 14.5. The van der Waals surface area contributed by atoms with Crippen LogP contribution in [0, 0.1) is 10.1 Å². The van der Waals surface area contributed by atoms with E-state index >= 15 is 0 Å². The molecular weight excluding hydrogens is 260 g/mol. The first-order valence-corrected chi connectivity index (χ1v) is 6.49. The second kappa shape index (κ2) is 5.20. The van der Waals surface area contributed by atoms with Crippen LogP contribution in [0.4, 0.5) is 11.4 Å². The van der Waals surface area contributed by atoms with Gasteiger partial charge in [0.25, 0.3) is 5.69 Å². The van der Waals surface area contributed by atoms with E-state index in [0.29, 0.717) is 30.6 Å². The summed E-state index contributed by atoms with van der Waals surface area (Å²) in [5.74, 6) is 0. The van der Waals surface area contributed by atoms with E-state index in [4.69, 9.17) is 4.74 Å². The van der Waals surface area contributed by atoms with Crippen LogP contribution in [0.25, 0.3) is 0 Å². The van der Waals surface area contributed by atoms with Crippen molar-refractivity contribution in [2.24, 2.45) is 0 Å². The van der Waals surface area contributed by atoms with E-state index in [2.05, 4.69) is 0 Å². The largest absolute Gasteiger partial charge is 0.369 e. The van der Waals surface area contributed by atoms with Gasteiger partial charge in [0.2, 0.25) is 0 Å². The summed E-state index contributed by atoms with van der Waals surface area (Å²) in [6.07, 6.45) is 0.698. The molecule has 0 spiro atoms. The van der Waals surface area contributed by atoms with Gasteiger partial charge in [0.15, 0.2) is 6.29 Å². The summed E-state index contributed by atoms with van der Waals surface area (Å²) in [5, 5.41) is 10.8. The summed E-state index contributed by atoms with van der Waals surface area (Å²) >= 11 is 0. The van der Waals surface area contributed by atoms with E-state index in [0.717, 1.165) is 0 Å². The van der Waals surface area contributed by atoms with Crippen LogP contribution >= 0.6 is 0 Å². The molecule has 1 atom stereocenters. The fourth-order valence-electron chi connectivity index (χ4n) is 2.68. The third-order valence-corrected chi connectivity index (χ3v) is 3.26. The Morgan fingerprint density at radius 3 is 2.75 bits per heavy atom. The molecule has 20 heavy (non-hydrogen) atoms. The molecule has 0 amide bonds. The second-order valence-electron chi connectivity index (χ2n) is 5.69. The highest BCUT2D eigenvalue weighted by atomic mass is 16.6. The van der Waals surface area contributed by atoms with Crippen molar-refractivity contribution < 1.29 is 14.5 Å². The van der Waals surface area contributed by atoms with Gasteiger partial charge in [-0.25, -0.2) is 0 Å². The molecule has 0 aliphatic carbocycles. The first-order chi connectivity index (χ1) is 9.32. The zero-order valence-electron chi connectivity index (χ0n) is 11.8. The van der Waals surface area contributed by atoms with Crippen molar-refractivity contribution in [1.82, 2.24) is 0 Å². The molecule has 1 heterocycles. The maximum atomic E-state index is 11.2. The van der Waals surface area contributed by atoms with Gasteiger partial charge in [0.1, 0.15) is 0 Å². The van der Waals surface area contributed by atoms with E-state index in [-0.39, 0.29) is 17.4 Å². The van der Waals surface area contributed by atoms with Crippen molar-refractivity contribution in [1.29, 1.82) is 0 Å². The number of aldehydes is 1. The van der Waals surface area contributed by atoms with E-state index in [9.17, 15) is 14.9 Å². The lowest BCUT2D eigenvalue weighted by Gasteiger charge is -2.43. The van der Waals surface area contributed by atoms with Crippen LogP contribution in [-0.4, -0.2) is 36.0 Å². The quantitative estimate of drug-likeness (QED) is 0.482.